The lowest BCUT2D eigenvalue weighted by Crippen LogP contribution is -2.42. The molecular formula is C11H21N3. The van der Waals surface area contributed by atoms with Crippen molar-refractivity contribution in [3.63, 3.8) is 0 Å². The van der Waals surface area contributed by atoms with E-state index in [-0.39, 0.29) is 6.04 Å². The molecule has 0 aromatic carbocycles. The average molecular weight is 195 g/mol. The third-order valence-corrected chi connectivity index (χ3v) is 3.07. The summed E-state index contributed by atoms with van der Waals surface area (Å²) in [7, 11) is 0. The highest BCUT2D eigenvalue weighted by Gasteiger charge is 2.20. The second kappa shape index (κ2) is 6.00. The number of nitriles is 1. The lowest BCUT2D eigenvalue weighted by atomic mass is 10.1. The predicted molar refractivity (Wildman–Crippen MR) is 57.7 cm³/mol. The zero-order valence-electron chi connectivity index (χ0n) is 9.08. The Morgan fingerprint density at radius 2 is 2.29 bits per heavy atom. The zero-order chi connectivity index (χ0) is 10.4. The van der Waals surface area contributed by atoms with Crippen LogP contribution in [0.2, 0.25) is 0 Å². The molecule has 2 unspecified atom stereocenters. The topological polar surface area (TPSA) is 53.0 Å². The van der Waals surface area contributed by atoms with Crippen LogP contribution in [0.4, 0.5) is 0 Å². The standard InChI is InChI=1S/C11H21N3/c1-2-11-6-4-3-5-7-14(11)9-10(13)8-12/h10-11H,2-7,9,13H2,1H3. The molecule has 0 aromatic heterocycles. The van der Waals surface area contributed by atoms with Crippen molar-refractivity contribution < 1.29 is 0 Å². The fourth-order valence-electron chi connectivity index (χ4n) is 2.23. The molecule has 2 atom stereocenters. The minimum absolute atomic E-state index is 0.317. The third-order valence-electron chi connectivity index (χ3n) is 3.07. The van der Waals surface area contributed by atoms with Crippen molar-refractivity contribution in [3.8, 4) is 6.07 Å². The monoisotopic (exact) mass is 195 g/mol. The second-order valence-electron chi connectivity index (χ2n) is 4.14. The van der Waals surface area contributed by atoms with E-state index in [1.54, 1.807) is 0 Å². The van der Waals surface area contributed by atoms with Gasteiger partial charge in [-0.25, -0.2) is 0 Å². The summed E-state index contributed by atoms with van der Waals surface area (Å²) in [4.78, 5) is 2.40. The van der Waals surface area contributed by atoms with Crippen LogP contribution in [0.1, 0.15) is 39.0 Å². The van der Waals surface area contributed by atoms with Crippen LogP contribution in [-0.2, 0) is 0 Å². The van der Waals surface area contributed by atoms with Gasteiger partial charge in [-0.2, -0.15) is 5.26 Å². The molecule has 14 heavy (non-hydrogen) atoms. The first-order valence-corrected chi connectivity index (χ1v) is 5.67. The van der Waals surface area contributed by atoms with Crippen molar-refractivity contribution in [1.29, 1.82) is 5.26 Å². The molecule has 1 fully saturated rings. The summed E-state index contributed by atoms with van der Waals surface area (Å²) in [6.45, 7) is 4.09. The van der Waals surface area contributed by atoms with Crippen LogP contribution in [0.3, 0.4) is 0 Å². The van der Waals surface area contributed by atoms with Crippen molar-refractivity contribution >= 4 is 0 Å². The maximum Gasteiger partial charge on any atom is 0.106 e. The molecule has 0 amide bonds. The SMILES string of the molecule is CCC1CCCCCN1CC(N)C#N. The van der Waals surface area contributed by atoms with Gasteiger partial charge < -0.3 is 5.73 Å². The third kappa shape index (κ3) is 3.28. The van der Waals surface area contributed by atoms with E-state index >= 15 is 0 Å². The van der Waals surface area contributed by atoms with E-state index in [2.05, 4.69) is 17.9 Å². The van der Waals surface area contributed by atoms with Gasteiger partial charge in [0.2, 0.25) is 0 Å². The molecule has 3 heteroatoms. The molecule has 2 N–H and O–H groups in total. The summed E-state index contributed by atoms with van der Waals surface area (Å²) < 4.78 is 0. The number of hydrogen-bond acceptors (Lipinski definition) is 3. The highest BCUT2D eigenvalue weighted by molar-refractivity contribution is 4.90. The van der Waals surface area contributed by atoms with Crippen molar-refractivity contribution in [3.05, 3.63) is 0 Å². The van der Waals surface area contributed by atoms with Crippen LogP contribution < -0.4 is 5.73 Å². The fourth-order valence-corrected chi connectivity index (χ4v) is 2.23. The number of nitrogens with zero attached hydrogens (tertiary/aromatic N) is 2. The van der Waals surface area contributed by atoms with Crippen molar-refractivity contribution in [2.75, 3.05) is 13.1 Å². The summed E-state index contributed by atoms with van der Waals surface area (Å²) >= 11 is 0. The normalized spacial score (nSPS) is 26.5. The predicted octanol–water partition coefficient (Wildman–Crippen LogP) is 1.49. The summed E-state index contributed by atoms with van der Waals surface area (Å²) in [5.74, 6) is 0. The summed E-state index contributed by atoms with van der Waals surface area (Å²) in [5, 5.41) is 8.69. The quantitative estimate of drug-likeness (QED) is 0.742. The van der Waals surface area contributed by atoms with Gasteiger partial charge >= 0.3 is 0 Å². The molecule has 1 saturated heterocycles. The number of rotatable bonds is 3. The summed E-state index contributed by atoms with van der Waals surface area (Å²) in [6, 6.07) is 2.45. The molecular weight excluding hydrogens is 174 g/mol. The van der Waals surface area contributed by atoms with Crippen LogP contribution in [0.15, 0.2) is 0 Å². The van der Waals surface area contributed by atoms with Gasteiger partial charge in [-0.1, -0.05) is 19.8 Å². The molecule has 1 rings (SSSR count). The Bertz CT molecular complexity index is 197. The van der Waals surface area contributed by atoms with Crippen LogP contribution in [-0.4, -0.2) is 30.1 Å². The lowest BCUT2D eigenvalue weighted by Gasteiger charge is -2.29. The number of likely N-dealkylation sites (tertiary alicyclic amines) is 1. The highest BCUT2D eigenvalue weighted by atomic mass is 15.2. The molecule has 0 bridgehead atoms. The molecule has 0 aliphatic carbocycles. The second-order valence-corrected chi connectivity index (χ2v) is 4.14. The largest absolute Gasteiger partial charge is 0.315 e. The van der Waals surface area contributed by atoms with Gasteiger partial charge in [-0.15, -0.1) is 0 Å². The van der Waals surface area contributed by atoms with E-state index < -0.39 is 0 Å². The Labute approximate surface area is 86.9 Å². The zero-order valence-corrected chi connectivity index (χ0v) is 9.08. The van der Waals surface area contributed by atoms with Gasteiger partial charge in [0, 0.05) is 12.6 Å². The first-order chi connectivity index (χ1) is 6.77. The van der Waals surface area contributed by atoms with Gasteiger partial charge in [0.1, 0.15) is 6.04 Å². The van der Waals surface area contributed by atoms with Crippen LogP contribution >= 0.6 is 0 Å². The van der Waals surface area contributed by atoms with Gasteiger partial charge in [0.05, 0.1) is 6.07 Å². The molecule has 1 aliphatic heterocycles. The van der Waals surface area contributed by atoms with E-state index in [4.69, 9.17) is 11.0 Å². The van der Waals surface area contributed by atoms with Crippen LogP contribution in [0.5, 0.6) is 0 Å². The fraction of sp³-hybridized carbons (Fsp3) is 0.909. The van der Waals surface area contributed by atoms with Crippen molar-refractivity contribution in [1.82, 2.24) is 4.90 Å². The van der Waals surface area contributed by atoms with Gasteiger partial charge in [0.15, 0.2) is 0 Å². The van der Waals surface area contributed by atoms with E-state index in [9.17, 15) is 0 Å². The van der Waals surface area contributed by atoms with Crippen molar-refractivity contribution in [2.45, 2.75) is 51.1 Å². The maximum atomic E-state index is 8.69. The summed E-state index contributed by atoms with van der Waals surface area (Å²) in [6.07, 6.45) is 6.37. The Hall–Kier alpha value is -0.590. The molecule has 1 aliphatic rings. The van der Waals surface area contributed by atoms with Crippen molar-refractivity contribution in [2.24, 2.45) is 5.73 Å². The molecule has 80 valence electrons. The van der Waals surface area contributed by atoms with Crippen LogP contribution in [0.25, 0.3) is 0 Å². The van der Waals surface area contributed by atoms with Gasteiger partial charge in [0.25, 0.3) is 0 Å². The Morgan fingerprint density at radius 3 is 2.93 bits per heavy atom. The molecule has 0 aromatic rings. The first kappa shape index (κ1) is 11.5. The minimum atomic E-state index is -0.317. The lowest BCUT2D eigenvalue weighted by molar-refractivity contribution is 0.191. The Morgan fingerprint density at radius 1 is 1.50 bits per heavy atom. The summed E-state index contributed by atoms with van der Waals surface area (Å²) in [5.41, 5.74) is 5.67. The molecule has 0 saturated carbocycles. The van der Waals surface area contributed by atoms with Gasteiger partial charge in [-0.3, -0.25) is 4.90 Å². The molecule has 0 radical (unpaired) electrons. The highest BCUT2D eigenvalue weighted by Crippen LogP contribution is 2.18. The number of nitrogens with two attached hydrogens (primary N) is 1. The van der Waals surface area contributed by atoms with Crippen LogP contribution in [0, 0.1) is 11.3 Å². The molecule has 0 spiro atoms. The van der Waals surface area contributed by atoms with E-state index in [1.165, 1.54) is 32.1 Å². The Kier molecular flexibility index (Phi) is 4.92. The Balaban J connectivity index is 2.48. The molecule has 1 heterocycles. The smallest absolute Gasteiger partial charge is 0.106 e. The van der Waals surface area contributed by atoms with E-state index in [0.29, 0.717) is 6.04 Å². The van der Waals surface area contributed by atoms with Gasteiger partial charge in [-0.05, 0) is 25.8 Å². The maximum absolute atomic E-state index is 8.69. The van der Waals surface area contributed by atoms with E-state index in [1.807, 2.05) is 0 Å². The number of hydrogen-bond donors (Lipinski definition) is 1. The molecule has 3 nitrogen and oxygen atoms in total. The van der Waals surface area contributed by atoms with E-state index in [0.717, 1.165) is 13.1 Å². The first-order valence-electron chi connectivity index (χ1n) is 5.67. The minimum Gasteiger partial charge on any atom is -0.315 e. The average Bonchev–Trinajstić information content (AvgIpc) is 2.42.